The lowest BCUT2D eigenvalue weighted by atomic mass is 10.1. The third-order valence-electron chi connectivity index (χ3n) is 5.07. The number of amides is 3. The number of likely N-dealkylation sites (N-methyl/N-ethyl adjacent to an activating group) is 6. The van der Waals surface area contributed by atoms with Gasteiger partial charge in [-0.2, -0.15) is 0 Å². The molecule has 5 atom stereocenters. The zero-order valence-electron chi connectivity index (χ0n) is 22.8. The average Bonchev–Trinajstić information content (AvgIpc) is 2.91. The summed E-state index contributed by atoms with van der Waals surface area (Å²) in [5.41, 5.74) is 0. The van der Waals surface area contributed by atoms with E-state index in [1.54, 1.807) is 14.1 Å². The van der Waals surface area contributed by atoms with Crippen molar-refractivity contribution in [3.8, 4) is 0 Å². The number of aliphatic hydroxyl groups excluding tert-OH is 3. The van der Waals surface area contributed by atoms with Gasteiger partial charge in [-0.25, -0.2) is 0 Å². The Bertz CT molecular complexity index is 649. The van der Waals surface area contributed by atoms with Crippen LogP contribution in [-0.2, 0) is 24.0 Å². The first-order chi connectivity index (χ1) is 17.4. The van der Waals surface area contributed by atoms with Gasteiger partial charge in [-0.05, 0) is 34.0 Å². The van der Waals surface area contributed by atoms with Crippen LogP contribution >= 0.6 is 0 Å². The van der Waals surface area contributed by atoms with Crippen molar-refractivity contribution in [2.45, 2.75) is 62.9 Å². The lowest BCUT2D eigenvalue weighted by Crippen LogP contribution is -2.47. The summed E-state index contributed by atoms with van der Waals surface area (Å²) < 4.78 is 0. The van der Waals surface area contributed by atoms with Crippen molar-refractivity contribution >= 4 is 29.5 Å². The molecule has 0 saturated carbocycles. The molecule has 5 unspecified atom stereocenters. The Balaban J connectivity index is -0.000000469. The quantitative estimate of drug-likeness (QED) is 0.0895. The van der Waals surface area contributed by atoms with Crippen LogP contribution in [0.25, 0.3) is 0 Å². The molecule has 0 fully saturated rings. The largest absolute Gasteiger partial charge is 0.481 e. The van der Waals surface area contributed by atoms with E-state index in [1.807, 2.05) is 6.92 Å². The maximum Gasteiger partial charge on any atom is 0.305 e. The van der Waals surface area contributed by atoms with Crippen molar-refractivity contribution in [1.82, 2.24) is 31.9 Å². The molecule has 0 saturated heterocycles. The highest BCUT2D eigenvalue weighted by Crippen LogP contribution is 2.02. The highest BCUT2D eigenvalue weighted by Gasteiger charge is 2.25. The predicted octanol–water partition coefficient (Wildman–Crippen LogP) is -4.09. The normalized spacial score (nSPS) is 14.1. The highest BCUT2D eigenvalue weighted by molar-refractivity contribution is 6.38. The molecule has 0 spiro atoms. The molecule has 0 aliphatic rings. The van der Waals surface area contributed by atoms with Gasteiger partial charge in [0.05, 0.1) is 12.5 Å². The van der Waals surface area contributed by atoms with Crippen LogP contribution in [0.2, 0.25) is 0 Å². The monoisotopic (exact) mass is 538 g/mol. The van der Waals surface area contributed by atoms with Crippen molar-refractivity contribution < 1.29 is 44.4 Å². The van der Waals surface area contributed by atoms with Crippen LogP contribution in [0, 0.1) is 0 Å². The number of carbonyl (C=O) groups is 5. The van der Waals surface area contributed by atoms with Gasteiger partial charge in [0.25, 0.3) is 5.91 Å². The molecular weight excluding hydrogens is 492 g/mol. The number of aliphatic hydroxyl groups is 3. The van der Waals surface area contributed by atoms with E-state index >= 15 is 0 Å². The molecule has 0 rings (SSSR count). The maximum absolute atomic E-state index is 11.1. The molecular formula is C22H46N6O9. The van der Waals surface area contributed by atoms with E-state index in [4.69, 9.17) is 10.2 Å². The topological polar surface area (TPSA) is 238 Å². The van der Waals surface area contributed by atoms with Gasteiger partial charge in [0.15, 0.2) is 0 Å². The van der Waals surface area contributed by atoms with Crippen LogP contribution in [0.3, 0.4) is 0 Å². The molecule has 0 aromatic heterocycles. The van der Waals surface area contributed by atoms with Crippen LogP contribution in [-0.4, -0.2) is 129 Å². The Labute approximate surface area is 218 Å². The highest BCUT2D eigenvalue weighted by atomic mass is 16.4. The second kappa shape index (κ2) is 23.7. The van der Waals surface area contributed by atoms with Crippen molar-refractivity contribution in [1.29, 1.82) is 0 Å². The van der Waals surface area contributed by atoms with Crippen molar-refractivity contribution in [3.63, 3.8) is 0 Å². The molecule has 15 nitrogen and oxygen atoms in total. The van der Waals surface area contributed by atoms with E-state index in [9.17, 15) is 34.2 Å². The van der Waals surface area contributed by atoms with Gasteiger partial charge in [0, 0.05) is 39.8 Å². The Hall–Kier alpha value is -2.69. The number of carbonyl (C=O) groups excluding carboxylic acids is 4. The number of carboxylic acid groups (broad SMARTS) is 1. The third kappa shape index (κ3) is 17.4. The number of hydrogen-bond donors (Lipinski definition) is 10. The number of hydrogen-bond acceptors (Lipinski definition) is 11. The fourth-order valence-electron chi connectivity index (χ4n) is 2.81. The maximum atomic E-state index is 11.1. The van der Waals surface area contributed by atoms with Gasteiger partial charge in [-0.15, -0.1) is 0 Å². The molecule has 218 valence electrons. The standard InChI is InChI=1S/C8H18N2O2.C7H12N2O4.C7H16N2O3/c1-4-5-6(9-2)7(11)8(12)10-3;1-8-4(3-5(10)11)6(12)7(13)9-2;1-8-5(3-4-10)6(11)7(12)9-2/h6-7,9,11H,4-5H2,1-3H3,(H,10,12);4,8H,3H2,1-2H3,(H,9,13)(H,10,11);5-6,8,10-11H,3-4H2,1-2H3,(H,9,12). The fraction of sp³-hybridized carbons (Fsp3) is 0.773. The summed E-state index contributed by atoms with van der Waals surface area (Å²) in [6, 6.07) is -1.50. The van der Waals surface area contributed by atoms with Crippen molar-refractivity contribution in [2.24, 2.45) is 0 Å². The average molecular weight is 539 g/mol. The van der Waals surface area contributed by atoms with Gasteiger partial charge >= 0.3 is 5.97 Å². The molecule has 3 amide bonds. The lowest BCUT2D eigenvalue weighted by Gasteiger charge is -2.20. The predicted molar refractivity (Wildman–Crippen MR) is 137 cm³/mol. The Kier molecular flexibility index (Phi) is 24.9. The summed E-state index contributed by atoms with van der Waals surface area (Å²) in [7, 11) is 9.09. The molecule has 37 heavy (non-hydrogen) atoms. The summed E-state index contributed by atoms with van der Waals surface area (Å²) >= 11 is 0. The molecule has 0 radical (unpaired) electrons. The van der Waals surface area contributed by atoms with Gasteiger partial charge in [-0.1, -0.05) is 13.3 Å². The molecule has 15 heteroatoms. The summed E-state index contributed by atoms with van der Waals surface area (Å²) in [4.78, 5) is 54.1. The number of Topliss-reactive ketones (excluding diaryl/α,β-unsaturated/α-hetero) is 1. The minimum Gasteiger partial charge on any atom is -0.481 e. The zero-order valence-corrected chi connectivity index (χ0v) is 22.8. The van der Waals surface area contributed by atoms with E-state index in [0.717, 1.165) is 12.8 Å². The summed E-state index contributed by atoms with van der Waals surface area (Å²) in [5, 5.41) is 50.7. The van der Waals surface area contributed by atoms with Crippen LogP contribution in [0.5, 0.6) is 0 Å². The first-order valence-electron chi connectivity index (χ1n) is 11.8. The minimum absolute atomic E-state index is 0.0560. The van der Waals surface area contributed by atoms with Crippen molar-refractivity contribution in [2.75, 3.05) is 48.9 Å². The van der Waals surface area contributed by atoms with Crippen LogP contribution in [0.1, 0.15) is 32.6 Å². The van der Waals surface area contributed by atoms with E-state index in [2.05, 4.69) is 31.9 Å². The summed E-state index contributed by atoms with van der Waals surface area (Å²) in [6.07, 6.45) is -0.356. The summed E-state index contributed by atoms with van der Waals surface area (Å²) in [6.45, 7) is 1.96. The lowest BCUT2D eigenvalue weighted by molar-refractivity contribution is -0.142. The Morgan fingerprint density at radius 3 is 1.41 bits per heavy atom. The van der Waals surface area contributed by atoms with Crippen LogP contribution in [0.15, 0.2) is 0 Å². The van der Waals surface area contributed by atoms with Crippen LogP contribution in [0.4, 0.5) is 0 Å². The smallest absolute Gasteiger partial charge is 0.305 e. The first kappa shape index (κ1) is 38.8. The molecule has 10 N–H and O–H groups in total. The zero-order chi connectivity index (χ0) is 29.6. The van der Waals surface area contributed by atoms with Gasteiger partial charge in [-0.3, -0.25) is 24.0 Å². The molecule has 0 aliphatic carbocycles. The summed E-state index contributed by atoms with van der Waals surface area (Å²) in [5.74, 6) is -3.46. The third-order valence-corrected chi connectivity index (χ3v) is 5.07. The molecule has 0 aliphatic heterocycles. The van der Waals surface area contributed by atoms with Gasteiger partial charge < -0.3 is 52.3 Å². The minimum atomic E-state index is -1.13. The van der Waals surface area contributed by atoms with Crippen LogP contribution < -0.4 is 31.9 Å². The van der Waals surface area contributed by atoms with Gasteiger partial charge in [0.2, 0.25) is 17.6 Å². The number of nitrogens with one attached hydrogen (secondary N) is 6. The molecule has 0 aromatic rings. The number of rotatable bonds is 15. The van der Waals surface area contributed by atoms with E-state index in [-0.39, 0.29) is 18.6 Å². The molecule has 0 heterocycles. The fourth-order valence-corrected chi connectivity index (χ4v) is 2.81. The van der Waals surface area contributed by atoms with E-state index < -0.39 is 54.3 Å². The Morgan fingerprint density at radius 1 is 0.703 bits per heavy atom. The number of ketones is 1. The second-order valence-corrected chi connectivity index (χ2v) is 7.59. The van der Waals surface area contributed by atoms with Gasteiger partial charge in [0.1, 0.15) is 12.2 Å². The van der Waals surface area contributed by atoms with Crippen molar-refractivity contribution in [3.05, 3.63) is 0 Å². The Morgan fingerprint density at radius 2 is 1.14 bits per heavy atom. The van der Waals surface area contributed by atoms with E-state index in [1.165, 1.54) is 28.2 Å². The second-order valence-electron chi connectivity index (χ2n) is 7.59. The molecule has 0 bridgehead atoms. The molecule has 0 aromatic carbocycles. The van der Waals surface area contributed by atoms with E-state index in [0.29, 0.717) is 6.42 Å². The number of aliphatic carboxylic acids is 1. The first-order valence-corrected chi connectivity index (χ1v) is 11.8. The number of carboxylic acids is 1. The SMILES string of the molecule is CCCC(NC)C(O)C(=O)NC.CNC(=O)C(=O)C(CC(=O)O)NC.CNC(=O)C(O)C(CCO)NC.